The number of rotatable bonds is 5. The van der Waals surface area contributed by atoms with Gasteiger partial charge in [-0.15, -0.1) is 10.2 Å². The lowest BCUT2D eigenvalue weighted by molar-refractivity contribution is 0.0744. The molecule has 0 bridgehead atoms. The van der Waals surface area contributed by atoms with Gasteiger partial charge >= 0.3 is 0 Å². The van der Waals surface area contributed by atoms with Gasteiger partial charge in [-0.25, -0.2) is 0 Å². The second-order valence-corrected chi connectivity index (χ2v) is 7.98. The van der Waals surface area contributed by atoms with Gasteiger partial charge in [0.25, 0.3) is 11.5 Å². The number of fused-ring (bicyclic) bond motifs is 3. The highest BCUT2D eigenvalue weighted by Crippen LogP contribution is 2.33. The largest absolute Gasteiger partial charge is 0.383 e. The minimum absolute atomic E-state index is 0.230. The van der Waals surface area contributed by atoms with E-state index in [1.54, 1.807) is 35.6 Å². The van der Waals surface area contributed by atoms with Crippen molar-refractivity contribution in [1.82, 2.24) is 24.5 Å². The first kappa shape index (κ1) is 19.8. The van der Waals surface area contributed by atoms with Crippen molar-refractivity contribution in [3.8, 4) is 0 Å². The van der Waals surface area contributed by atoms with E-state index in [2.05, 4.69) is 15.2 Å². The molecular weight excluding hydrogens is 394 g/mol. The van der Waals surface area contributed by atoms with Gasteiger partial charge in [0.1, 0.15) is 5.82 Å². The molecule has 1 amide bonds. The number of amides is 1. The predicted molar refractivity (Wildman–Crippen MR) is 111 cm³/mol. The van der Waals surface area contributed by atoms with Gasteiger partial charge in [-0.3, -0.25) is 14.0 Å². The van der Waals surface area contributed by atoms with Crippen molar-refractivity contribution in [2.45, 2.75) is 38.0 Å². The summed E-state index contributed by atoms with van der Waals surface area (Å²) >= 11 is 6.50. The molecule has 154 valence electrons. The molecule has 4 rings (SSSR count). The van der Waals surface area contributed by atoms with E-state index in [9.17, 15) is 9.59 Å². The Morgan fingerprint density at radius 1 is 1.31 bits per heavy atom. The third kappa shape index (κ3) is 3.62. The van der Waals surface area contributed by atoms with E-state index in [1.807, 2.05) is 0 Å². The summed E-state index contributed by atoms with van der Waals surface area (Å²) < 4.78 is 6.84. The number of carbonyl (C=O) groups is 1. The van der Waals surface area contributed by atoms with E-state index in [1.165, 1.54) is 6.42 Å². The van der Waals surface area contributed by atoms with Crippen LogP contribution < -0.4 is 5.56 Å². The number of carbonyl (C=O) groups excluding carboxylic acids is 1. The van der Waals surface area contributed by atoms with Gasteiger partial charge in [-0.2, -0.15) is 0 Å². The zero-order chi connectivity index (χ0) is 20.5. The maximum atomic E-state index is 12.8. The molecule has 2 aromatic heterocycles. The summed E-state index contributed by atoms with van der Waals surface area (Å²) in [6, 6.07) is 3.35. The first-order valence-corrected chi connectivity index (χ1v) is 10.2. The Kier molecular flexibility index (Phi) is 5.56. The zero-order valence-electron chi connectivity index (χ0n) is 16.6. The molecule has 1 aliphatic rings. The third-order valence-electron chi connectivity index (χ3n) is 5.64. The van der Waals surface area contributed by atoms with Crippen LogP contribution >= 0.6 is 11.6 Å². The monoisotopic (exact) mass is 417 g/mol. The van der Waals surface area contributed by atoms with Crippen molar-refractivity contribution in [3.05, 3.63) is 38.9 Å². The highest BCUT2D eigenvalue weighted by molar-refractivity contribution is 6.34. The smallest absolute Gasteiger partial charge is 0.294 e. The highest BCUT2D eigenvalue weighted by atomic mass is 35.5. The molecule has 1 aromatic carbocycles. The van der Waals surface area contributed by atoms with Crippen LogP contribution in [0.5, 0.6) is 0 Å². The number of aromatic amines is 1. The molecule has 8 nitrogen and oxygen atoms in total. The summed E-state index contributed by atoms with van der Waals surface area (Å²) in [6.07, 6.45) is 5.58. The number of hydrogen-bond donors (Lipinski definition) is 1. The predicted octanol–water partition coefficient (Wildman–Crippen LogP) is 2.99. The van der Waals surface area contributed by atoms with Crippen LogP contribution in [0.25, 0.3) is 16.7 Å². The molecule has 1 saturated carbocycles. The fourth-order valence-electron chi connectivity index (χ4n) is 4.03. The number of halogens is 1. The molecule has 3 aromatic rings. The van der Waals surface area contributed by atoms with Crippen molar-refractivity contribution in [2.24, 2.45) is 0 Å². The summed E-state index contributed by atoms with van der Waals surface area (Å²) in [4.78, 5) is 29.8. The van der Waals surface area contributed by atoms with Crippen molar-refractivity contribution in [2.75, 3.05) is 27.3 Å². The zero-order valence-corrected chi connectivity index (χ0v) is 17.3. The van der Waals surface area contributed by atoms with Crippen LogP contribution in [-0.2, 0) is 4.74 Å². The van der Waals surface area contributed by atoms with Crippen LogP contribution in [0.1, 0.15) is 54.2 Å². The van der Waals surface area contributed by atoms with E-state index in [0.717, 1.165) is 31.5 Å². The maximum Gasteiger partial charge on any atom is 0.294 e. The second-order valence-electron chi connectivity index (χ2n) is 7.57. The number of methoxy groups -OCH3 is 1. The van der Waals surface area contributed by atoms with Gasteiger partial charge in [-0.05, 0) is 25.0 Å². The van der Waals surface area contributed by atoms with Gasteiger partial charge in [0.15, 0.2) is 0 Å². The number of hydrogen-bond acceptors (Lipinski definition) is 5. The standard InChI is InChI=1S/C20H24ClN5O3/c1-25(8-9-29-2)20(28)13-10-15-16(11-14(13)21)26-17(12-6-4-3-5-7-12)23-24-18(26)19(27)22-15/h10-12H,3-9H2,1-2H3,(H,22,27). The van der Waals surface area contributed by atoms with Gasteiger partial charge in [0, 0.05) is 26.6 Å². The Hall–Kier alpha value is -2.45. The van der Waals surface area contributed by atoms with Crippen molar-refractivity contribution in [3.63, 3.8) is 0 Å². The molecule has 0 spiro atoms. The average molecular weight is 418 g/mol. The van der Waals surface area contributed by atoms with Crippen LogP contribution in [0.4, 0.5) is 0 Å². The van der Waals surface area contributed by atoms with Gasteiger partial charge in [-0.1, -0.05) is 30.9 Å². The molecule has 1 fully saturated rings. The van der Waals surface area contributed by atoms with Crippen molar-refractivity contribution >= 4 is 34.2 Å². The molecule has 2 heterocycles. The second kappa shape index (κ2) is 8.12. The average Bonchev–Trinajstić information content (AvgIpc) is 3.18. The Labute approximate surface area is 172 Å². The molecule has 0 radical (unpaired) electrons. The Bertz CT molecular complexity index is 1120. The topological polar surface area (TPSA) is 92.6 Å². The minimum Gasteiger partial charge on any atom is -0.383 e. The first-order valence-electron chi connectivity index (χ1n) is 9.86. The van der Waals surface area contributed by atoms with Crippen molar-refractivity contribution in [1.29, 1.82) is 0 Å². The van der Waals surface area contributed by atoms with Crippen LogP contribution in [0.15, 0.2) is 16.9 Å². The fraction of sp³-hybridized carbons (Fsp3) is 0.500. The first-order chi connectivity index (χ1) is 14.0. The molecule has 0 aliphatic heterocycles. The van der Waals surface area contributed by atoms with E-state index < -0.39 is 0 Å². The Balaban J connectivity index is 1.84. The number of nitrogens with zero attached hydrogens (tertiary/aromatic N) is 4. The van der Waals surface area contributed by atoms with E-state index in [4.69, 9.17) is 16.3 Å². The van der Waals surface area contributed by atoms with Crippen LogP contribution in [0.3, 0.4) is 0 Å². The van der Waals surface area contributed by atoms with Crippen LogP contribution in [-0.4, -0.2) is 57.7 Å². The lowest BCUT2D eigenvalue weighted by Gasteiger charge is -2.20. The van der Waals surface area contributed by atoms with E-state index in [-0.39, 0.29) is 23.0 Å². The Morgan fingerprint density at radius 3 is 2.79 bits per heavy atom. The van der Waals surface area contributed by atoms with Gasteiger partial charge in [0.05, 0.1) is 28.2 Å². The molecule has 1 aliphatic carbocycles. The van der Waals surface area contributed by atoms with E-state index >= 15 is 0 Å². The molecular formula is C20H24ClN5O3. The molecule has 0 unspecified atom stereocenters. The Morgan fingerprint density at radius 2 is 2.07 bits per heavy atom. The number of ether oxygens (including phenoxy) is 1. The summed E-state index contributed by atoms with van der Waals surface area (Å²) in [6.45, 7) is 0.868. The summed E-state index contributed by atoms with van der Waals surface area (Å²) in [5, 5.41) is 8.79. The fourth-order valence-corrected chi connectivity index (χ4v) is 4.27. The number of benzene rings is 1. The molecule has 29 heavy (non-hydrogen) atoms. The number of aromatic nitrogens is 4. The van der Waals surface area contributed by atoms with Gasteiger partial charge in [0.2, 0.25) is 5.65 Å². The normalized spacial score (nSPS) is 15.3. The third-order valence-corrected chi connectivity index (χ3v) is 5.96. The minimum atomic E-state index is -0.333. The number of likely N-dealkylation sites (N-methyl/N-ethyl adjacent to an activating group) is 1. The van der Waals surface area contributed by atoms with Gasteiger partial charge < -0.3 is 14.6 Å². The molecule has 0 atom stereocenters. The quantitative estimate of drug-likeness (QED) is 0.688. The maximum absolute atomic E-state index is 12.8. The molecule has 9 heteroatoms. The van der Waals surface area contributed by atoms with Crippen molar-refractivity contribution < 1.29 is 9.53 Å². The number of H-pyrrole nitrogens is 1. The molecule has 0 saturated heterocycles. The molecule has 1 N–H and O–H groups in total. The van der Waals surface area contributed by atoms with Crippen LogP contribution in [0.2, 0.25) is 5.02 Å². The highest BCUT2D eigenvalue weighted by Gasteiger charge is 2.24. The van der Waals surface area contributed by atoms with Crippen LogP contribution in [0, 0.1) is 0 Å². The summed E-state index contributed by atoms with van der Waals surface area (Å²) in [5.74, 6) is 0.832. The summed E-state index contributed by atoms with van der Waals surface area (Å²) in [7, 11) is 3.27. The lowest BCUT2D eigenvalue weighted by atomic mass is 9.89. The summed E-state index contributed by atoms with van der Waals surface area (Å²) in [5.41, 5.74) is 1.49. The SMILES string of the molecule is COCCN(C)C(=O)c1cc2[nH]c(=O)c3nnc(C4CCCCC4)n3c2cc1Cl. The lowest BCUT2D eigenvalue weighted by Crippen LogP contribution is -2.30. The van der Waals surface area contributed by atoms with E-state index in [0.29, 0.717) is 34.8 Å². The number of nitrogens with one attached hydrogen (secondary N) is 1.